The summed E-state index contributed by atoms with van der Waals surface area (Å²) in [5, 5.41) is 12.0. The van der Waals surface area contributed by atoms with Gasteiger partial charge in [0, 0.05) is 5.69 Å². The van der Waals surface area contributed by atoms with E-state index in [4.69, 9.17) is 9.47 Å². The van der Waals surface area contributed by atoms with Crippen molar-refractivity contribution >= 4 is 17.7 Å². The van der Waals surface area contributed by atoms with Gasteiger partial charge in [-0.05, 0) is 41.8 Å². The van der Waals surface area contributed by atoms with Crippen LogP contribution in [0.3, 0.4) is 0 Å². The zero-order valence-electron chi connectivity index (χ0n) is 15.2. The van der Waals surface area contributed by atoms with Crippen molar-refractivity contribution in [2.45, 2.75) is 13.8 Å². The highest BCUT2D eigenvalue weighted by molar-refractivity contribution is 6.09. The zero-order valence-corrected chi connectivity index (χ0v) is 15.2. The number of para-hydroxylation sites is 1. The fourth-order valence-electron chi connectivity index (χ4n) is 2.18. The SMILES string of the molecule is COc1cc(/C=C(\C#N)C(=O)Nc2ccccc2)ccc1OCC(C)C. The molecule has 0 saturated carbocycles. The van der Waals surface area contributed by atoms with Gasteiger partial charge in [-0.25, -0.2) is 0 Å². The number of anilines is 1. The second-order valence-electron chi connectivity index (χ2n) is 6.11. The van der Waals surface area contributed by atoms with Gasteiger partial charge >= 0.3 is 0 Å². The number of rotatable bonds is 7. The Morgan fingerprint density at radius 2 is 1.92 bits per heavy atom. The lowest BCUT2D eigenvalue weighted by Crippen LogP contribution is -2.13. The van der Waals surface area contributed by atoms with Crippen molar-refractivity contribution in [3.05, 3.63) is 59.7 Å². The number of methoxy groups -OCH3 is 1. The summed E-state index contributed by atoms with van der Waals surface area (Å²) in [7, 11) is 1.55. The quantitative estimate of drug-likeness (QED) is 0.598. The number of hydrogen-bond donors (Lipinski definition) is 1. The van der Waals surface area contributed by atoms with Crippen molar-refractivity contribution in [1.29, 1.82) is 5.26 Å². The van der Waals surface area contributed by atoms with Gasteiger partial charge in [-0.3, -0.25) is 4.79 Å². The van der Waals surface area contributed by atoms with Crippen molar-refractivity contribution in [2.24, 2.45) is 5.92 Å². The second-order valence-corrected chi connectivity index (χ2v) is 6.11. The van der Waals surface area contributed by atoms with Gasteiger partial charge in [-0.2, -0.15) is 5.26 Å². The lowest BCUT2D eigenvalue weighted by molar-refractivity contribution is -0.112. The molecule has 0 unspecified atom stereocenters. The van der Waals surface area contributed by atoms with Crippen LogP contribution < -0.4 is 14.8 Å². The molecule has 2 rings (SSSR count). The van der Waals surface area contributed by atoms with Crippen LogP contribution in [-0.2, 0) is 4.79 Å². The number of ether oxygens (including phenoxy) is 2. The lowest BCUT2D eigenvalue weighted by Gasteiger charge is -2.13. The molecule has 0 heterocycles. The average molecular weight is 350 g/mol. The summed E-state index contributed by atoms with van der Waals surface area (Å²) in [4.78, 5) is 12.3. The van der Waals surface area contributed by atoms with Crippen LogP contribution >= 0.6 is 0 Å². The molecule has 5 heteroatoms. The molecule has 1 N–H and O–H groups in total. The van der Waals surface area contributed by atoms with Crippen LogP contribution in [0, 0.1) is 17.2 Å². The standard InChI is InChI=1S/C21H22N2O3/c1-15(2)14-26-19-10-9-16(12-20(19)25-3)11-17(13-22)21(24)23-18-7-5-4-6-8-18/h4-12,15H,14H2,1-3H3,(H,23,24)/b17-11+. The number of nitrogens with zero attached hydrogens (tertiary/aromatic N) is 1. The van der Waals surface area contributed by atoms with Crippen LogP contribution in [0.25, 0.3) is 6.08 Å². The molecule has 134 valence electrons. The number of carbonyl (C=O) groups is 1. The van der Waals surface area contributed by atoms with Gasteiger partial charge < -0.3 is 14.8 Å². The predicted octanol–water partition coefficient (Wildman–Crippen LogP) is 4.28. The van der Waals surface area contributed by atoms with E-state index >= 15 is 0 Å². The number of amides is 1. The molecule has 0 fully saturated rings. The summed E-state index contributed by atoms with van der Waals surface area (Å²) in [6.07, 6.45) is 1.52. The van der Waals surface area contributed by atoms with Crippen LogP contribution in [-0.4, -0.2) is 19.6 Å². The van der Waals surface area contributed by atoms with Crippen molar-refractivity contribution < 1.29 is 14.3 Å². The molecule has 0 aliphatic rings. The van der Waals surface area contributed by atoms with E-state index in [1.165, 1.54) is 6.08 Å². The van der Waals surface area contributed by atoms with Crippen molar-refractivity contribution in [3.8, 4) is 17.6 Å². The summed E-state index contributed by atoms with van der Waals surface area (Å²) in [5.74, 6) is 1.12. The molecule has 0 spiro atoms. The van der Waals surface area contributed by atoms with E-state index in [0.29, 0.717) is 35.3 Å². The van der Waals surface area contributed by atoms with Crippen LogP contribution in [0.4, 0.5) is 5.69 Å². The van der Waals surface area contributed by atoms with E-state index in [1.54, 1.807) is 37.4 Å². The molecule has 0 bridgehead atoms. The molecule has 0 aliphatic heterocycles. The van der Waals surface area contributed by atoms with Gasteiger partial charge in [-0.1, -0.05) is 38.1 Å². The molecule has 0 saturated heterocycles. The molecule has 0 radical (unpaired) electrons. The highest BCUT2D eigenvalue weighted by Crippen LogP contribution is 2.29. The van der Waals surface area contributed by atoms with E-state index in [9.17, 15) is 10.1 Å². The van der Waals surface area contributed by atoms with E-state index in [-0.39, 0.29) is 5.57 Å². The molecule has 0 atom stereocenters. The van der Waals surface area contributed by atoms with Crippen LogP contribution in [0.1, 0.15) is 19.4 Å². The summed E-state index contributed by atoms with van der Waals surface area (Å²) < 4.78 is 11.1. The number of benzene rings is 2. The van der Waals surface area contributed by atoms with Gasteiger partial charge in [0.15, 0.2) is 11.5 Å². The molecular formula is C21H22N2O3. The van der Waals surface area contributed by atoms with Gasteiger partial charge in [0.1, 0.15) is 11.6 Å². The Balaban J connectivity index is 2.20. The maximum Gasteiger partial charge on any atom is 0.266 e. The Bertz CT molecular complexity index is 821. The van der Waals surface area contributed by atoms with Gasteiger partial charge in [0.25, 0.3) is 5.91 Å². The minimum Gasteiger partial charge on any atom is -0.493 e. The third-order valence-corrected chi connectivity index (χ3v) is 3.47. The second kappa shape index (κ2) is 9.28. The first kappa shape index (κ1) is 19.1. The minimum atomic E-state index is -0.460. The summed E-state index contributed by atoms with van der Waals surface area (Å²) in [5.41, 5.74) is 1.32. The maximum atomic E-state index is 12.3. The fraction of sp³-hybridized carbons (Fsp3) is 0.238. The Kier molecular flexibility index (Phi) is 6.81. The van der Waals surface area contributed by atoms with Crippen LogP contribution in [0.15, 0.2) is 54.1 Å². The van der Waals surface area contributed by atoms with Crippen LogP contribution in [0.2, 0.25) is 0 Å². The molecule has 2 aromatic carbocycles. The first-order valence-corrected chi connectivity index (χ1v) is 8.32. The van der Waals surface area contributed by atoms with Crippen molar-refractivity contribution in [1.82, 2.24) is 0 Å². The summed E-state index contributed by atoms with van der Waals surface area (Å²) in [6, 6.07) is 16.2. The Hall–Kier alpha value is -3.26. The number of nitrogens with one attached hydrogen (secondary N) is 1. The van der Waals surface area contributed by atoms with E-state index < -0.39 is 5.91 Å². The number of nitriles is 1. The highest BCUT2D eigenvalue weighted by atomic mass is 16.5. The maximum absolute atomic E-state index is 12.3. The van der Waals surface area contributed by atoms with E-state index in [0.717, 1.165) is 0 Å². The first-order chi connectivity index (χ1) is 12.5. The highest BCUT2D eigenvalue weighted by Gasteiger charge is 2.11. The predicted molar refractivity (Wildman–Crippen MR) is 102 cm³/mol. The van der Waals surface area contributed by atoms with Crippen molar-refractivity contribution in [2.75, 3.05) is 19.0 Å². The normalized spacial score (nSPS) is 11.0. The minimum absolute atomic E-state index is 0.00625. The van der Waals surface area contributed by atoms with Gasteiger partial charge in [0.2, 0.25) is 0 Å². The van der Waals surface area contributed by atoms with E-state index in [1.807, 2.05) is 24.3 Å². The van der Waals surface area contributed by atoms with Crippen molar-refractivity contribution in [3.63, 3.8) is 0 Å². The molecular weight excluding hydrogens is 328 g/mol. The van der Waals surface area contributed by atoms with Gasteiger partial charge in [0.05, 0.1) is 13.7 Å². The average Bonchev–Trinajstić information content (AvgIpc) is 2.65. The molecule has 26 heavy (non-hydrogen) atoms. The van der Waals surface area contributed by atoms with Crippen LogP contribution in [0.5, 0.6) is 11.5 Å². The van der Waals surface area contributed by atoms with Gasteiger partial charge in [-0.15, -0.1) is 0 Å². The summed E-state index contributed by atoms with van der Waals surface area (Å²) in [6.45, 7) is 4.71. The summed E-state index contributed by atoms with van der Waals surface area (Å²) >= 11 is 0. The first-order valence-electron chi connectivity index (χ1n) is 8.32. The molecule has 0 aliphatic carbocycles. The fourth-order valence-corrected chi connectivity index (χ4v) is 2.18. The Labute approximate surface area is 153 Å². The topological polar surface area (TPSA) is 71.3 Å². The molecule has 2 aromatic rings. The lowest BCUT2D eigenvalue weighted by atomic mass is 10.1. The number of hydrogen-bond acceptors (Lipinski definition) is 4. The molecule has 1 amide bonds. The monoisotopic (exact) mass is 350 g/mol. The zero-order chi connectivity index (χ0) is 18.9. The molecule has 0 aromatic heterocycles. The Morgan fingerprint density at radius 3 is 2.54 bits per heavy atom. The molecule has 5 nitrogen and oxygen atoms in total. The smallest absolute Gasteiger partial charge is 0.266 e. The Morgan fingerprint density at radius 1 is 1.19 bits per heavy atom. The third kappa shape index (κ3) is 5.38. The number of carbonyl (C=O) groups excluding carboxylic acids is 1. The van der Waals surface area contributed by atoms with E-state index in [2.05, 4.69) is 19.2 Å². The largest absolute Gasteiger partial charge is 0.493 e. The third-order valence-electron chi connectivity index (χ3n) is 3.47.